The van der Waals surface area contributed by atoms with Gasteiger partial charge in [0.05, 0.1) is 6.54 Å². The molecule has 1 atom stereocenters. The van der Waals surface area contributed by atoms with Crippen molar-refractivity contribution < 1.29 is 14.3 Å². The number of rotatable bonds is 4. The number of thiophene rings is 1. The van der Waals surface area contributed by atoms with Gasteiger partial charge in [0.2, 0.25) is 0 Å². The first-order valence-corrected chi connectivity index (χ1v) is 7.34. The zero-order chi connectivity index (χ0) is 15.5. The number of nitrogens with one attached hydrogen (secondary N) is 2. The van der Waals surface area contributed by atoms with Crippen LogP contribution in [0.1, 0.15) is 17.4 Å². The van der Waals surface area contributed by atoms with Crippen molar-refractivity contribution in [3.05, 3.63) is 52.0 Å². The molecule has 0 fully saturated rings. The van der Waals surface area contributed by atoms with Gasteiger partial charge in [-0.25, -0.2) is 9.18 Å². The molecule has 2 amide bonds. The number of carbonyl (C=O) groups excluding carboxylic acids is 1. The summed E-state index contributed by atoms with van der Waals surface area (Å²) < 4.78 is 13.0. The molecule has 0 bridgehead atoms. The van der Waals surface area contributed by atoms with Crippen LogP contribution in [-0.4, -0.2) is 17.7 Å². The summed E-state index contributed by atoms with van der Waals surface area (Å²) in [5.74, 6) is -0.348. The van der Waals surface area contributed by atoms with Crippen molar-refractivity contribution in [2.24, 2.45) is 0 Å². The average Bonchev–Trinajstić information content (AvgIpc) is 2.95. The lowest BCUT2D eigenvalue weighted by Crippen LogP contribution is -2.40. The van der Waals surface area contributed by atoms with E-state index in [0.717, 1.165) is 4.88 Å². The SMILES string of the molecule is Cc1cc(F)ccc1NC(=O)NCC(C)(O)c1cccs1. The largest absolute Gasteiger partial charge is 0.383 e. The Bertz CT molecular complexity index is 627. The highest BCUT2D eigenvalue weighted by Crippen LogP contribution is 2.24. The minimum Gasteiger partial charge on any atom is -0.383 e. The van der Waals surface area contributed by atoms with Crippen molar-refractivity contribution in [2.45, 2.75) is 19.4 Å². The molecule has 2 aromatic rings. The van der Waals surface area contributed by atoms with Gasteiger partial charge in [0.1, 0.15) is 11.4 Å². The van der Waals surface area contributed by atoms with Crippen LogP contribution < -0.4 is 10.6 Å². The van der Waals surface area contributed by atoms with Crippen LogP contribution in [0.15, 0.2) is 35.7 Å². The quantitative estimate of drug-likeness (QED) is 0.812. The molecule has 1 aromatic heterocycles. The van der Waals surface area contributed by atoms with Crippen molar-refractivity contribution in [1.29, 1.82) is 0 Å². The second kappa shape index (κ2) is 6.24. The monoisotopic (exact) mass is 308 g/mol. The molecule has 0 radical (unpaired) electrons. The summed E-state index contributed by atoms with van der Waals surface area (Å²) in [5.41, 5.74) is 0.0448. The third kappa shape index (κ3) is 4.03. The smallest absolute Gasteiger partial charge is 0.319 e. The Hall–Kier alpha value is -1.92. The summed E-state index contributed by atoms with van der Waals surface area (Å²) in [6.07, 6.45) is 0. The zero-order valence-electron chi connectivity index (χ0n) is 11.8. The molecule has 0 saturated carbocycles. The van der Waals surface area contributed by atoms with Gasteiger partial charge >= 0.3 is 6.03 Å². The van der Waals surface area contributed by atoms with E-state index in [9.17, 15) is 14.3 Å². The summed E-state index contributed by atoms with van der Waals surface area (Å²) in [5, 5.41) is 17.4. The van der Waals surface area contributed by atoms with Gasteiger partial charge in [-0.2, -0.15) is 0 Å². The molecule has 112 valence electrons. The van der Waals surface area contributed by atoms with Gasteiger partial charge in [0.15, 0.2) is 0 Å². The Balaban J connectivity index is 1.93. The fourth-order valence-electron chi connectivity index (χ4n) is 1.86. The van der Waals surface area contributed by atoms with E-state index in [0.29, 0.717) is 11.3 Å². The molecule has 0 saturated heterocycles. The molecule has 1 aromatic carbocycles. The van der Waals surface area contributed by atoms with Crippen LogP contribution in [0.3, 0.4) is 0 Å². The third-order valence-corrected chi connectivity index (χ3v) is 4.20. The summed E-state index contributed by atoms with van der Waals surface area (Å²) in [6, 6.07) is 7.34. The number of hydrogen-bond acceptors (Lipinski definition) is 3. The van der Waals surface area contributed by atoms with Crippen molar-refractivity contribution in [2.75, 3.05) is 11.9 Å². The van der Waals surface area contributed by atoms with Crippen molar-refractivity contribution in [3.63, 3.8) is 0 Å². The van der Waals surface area contributed by atoms with Crippen molar-refractivity contribution in [1.82, 2.24) is 5.32 Å². The maximum Gasteiger partial charge on any atom is 0.319 e. The van der Waals surface area contributed by atoms with Crippen LogP contribution in [0, 0.1) is 12.7 Å². The van der Waals surface area contributed by atoms with Gasteiger partial charge in [0.25, 0.3) is 0 Å². The van der Waals surface area contributed by atoms with Crippen LogP contribution >= 0.6 is 11.3 Å². The molecular weight excluding hydrogens is 291 g/mol. The highest BCUT2D eigenvalue weighted by atomic mass is 32.1. The number of hydrogen-bond donors (Lipinski definition) is 3. The van der Waals surface area contributed by atoms with E-state index in [2.05, 4.69) is 10.6 Å². The topological polar surface area (TPSA) is 61.4 Å². The van der Waals surface area contributed by atoms with Crippen molar-refractivity contribution >= 4 is 23.1 Å². The van der Waals surface area contributed by atoms with E-state index in [-0.39, 0.29) is 12.4 Å². The number of urea groups is 1. The molecule has 0 aliphatic rings. The molecular formula is C15H17FN2O2S. The lowest BCUT2D eigenvalue weighted by atomic mass is 10.1. The molecule has 1 heterocycles. The van der Waals surface area contributed by atoms with E-state index in [4.69, 9.17) is 0 Å². The van der Waals surface area contributed by atoms with Crippen LogP contribution in [0.25, 0.3) is 0 Å². The number of halogens is 1. The Labute approximate surface area is 126 Å². The van der Waals surface area contributed by atoms with Crippen LogP contribution in [0.2, 0.25) is 0 Å². The number of aliphatic hydroxyl groups is 1. The summed E-state index contributed by atoms with van der Waals surface area (Å²) in [7, 11) is 0. The molecule has 1 unspecified atom stereocenters. The standard InChI is InChI=1S/C15H17FN2O2S/c1-10-8-11(16)5-6-12(10)18-14(19)17-9-15(2,20)13-4-3-7-21-13/h3-8,20H,9H2,1-2H3,(H2,17,18,19). The van der Waals surface area contributed by atoms with E-state index in [1.807, 2.05) is 17.5 Å². The molecule has 2 rings (SSSR count). The van der Waals surface area contributed by atoms with Crippen LogP contribution in [0.5, 0.6) is 0 Å². The Morgan fingerprint density at radius 3 is 2.81 bits per heavy atom. The summed E-state index contributed by atoms with van der Waals surface area (Å²) in [6.45, 7) is 3.43. The lowest BCUT2D eigenvalue weighted by molar-refractivity contribution is 0.0637. The molecule has 0 aliphatic heterocycles. The fraction of sp³-hybridized carbons (Fsp3) is 0.267. The van der Waals surface area contributed by atoms with Crippen molar-refractivity contribution in [3.8, 4) is 0 Å². The molecule has 0 aliphatic carbocycles. The molecule has 21 heavy (non-hydrogen) atoms. The Kier molecular flexibility index (Phi) is 4.59. The van der Waals surface area contributed by atoms with Gasteiger partial charge in [-0.1, -0.05) is 6.07 Å². The first-order chi connectivity index (χ1) is 9.88. The third-order valence-electron chi connectivity index (χ3n) is 3.08. The number of benzene rings is 1. The second-order valence-corrected chi connectivity index (χ2v) is 5.97. The molecule has 6 heteroatoms. The number of anilines is 1. The first-order valence-electron chi connectivity index (χ1n) is 6.46. The fourth-order valence-corrected chi connectivity index (χ4v) is 2.65. The van der Waals surface area contributed by atoms with Gasteiger partial charge in [-0.05, 0) is 49.1 Å². The Morgan fingerprint density at radius 2 is 2.19 bits per heavy atom. The predicted molar refractivity (Wildman–Crippen MR) is 82.0 cm³/mol. The zero-order valence-corrected chi connectivity index (χ0v) is 12.6. The molecule has 3 N–H and O–H groups in total. The molecule has 4 nitrogen and oxygen atoms in total. The van der Waals surface area contributed by atoms with Gasteiger partial charge in [0, 0.05) is 10.6 Å². The Morgan fingerprint density at radius 1 is 1.43 bits per heavy atom. The highest BCUT2D eigenvalue weighted by molar-refractivity contribution is 7.10. The van der Waals surface area contributed by atoms with Gasteiger partial charge < -0.3 is 15.7 Å². The van der Waals surface area contributed by atoms with Crippen LogP contribution in [-0.2, 0) is 5.60 Å². The predicted octanol–water partition coefficient (Wildman–Crippen LogP) is 3.22. The van der Waals surface area contributed by atoms with E-state index < -0.39 is 11.6 Å². The van der Waals surface area contributed by atoms with E-state index in [1.165, 1.54) is 29.5 Å². The maximum absolute atomic E-state index is 13.0. The summed E-state index contributed by atoms with van der Waals surface area (Å²) >= 11 is 1.43. The van der Waals surface area contributed by atoms with E-state index in [1.54, 1.807) is 13.8 Å². The minimum atomic E-state index is -1.12. The second-order valence-electron chi connectivity index (χ2n) is 5.02. The number of amides is 2. The average molecular weight is 308 g/mol. The number of aryl methyl sites for hydroxylation is 1. The number of carbonyl (C=O) groups is 1. The lowest BCUT2D eigenvalue weighted by Gasteiger charge is -2.22. The van der Waals surface area contributed by atoms with Gasteiger partial charge in [-0.15, -0.1) is 11.3 Å². The maximum atomic E-state index is 13.0. The normalized spacial score (nSPS) is 13.5. The van der Waals surface area contributed by atoms with Crippen LogP contribution in [0.4, 0.5) is 14.9 Å². The first kappa shape index (κ1) is 15.5. The van der Waals surface area contributed by atoms with E-state index >= 15 is 0 Å². The summed E-state index contributed by atoms with van der Waals surface area (Å²) in [4.78, 5) is 12.6. The molecule has 0 spiro atoms. The van der Waals surface area contributed by atoms with Gasteiger partial charge in [-0.3, -0.25) is 0 Å². The highest BCUT2D eigenvalue weighted by Gasteiger charge is 2.24. The minimum absolute atomic E-state index is 0.0829.